The zero-order valence-electron chi connectivity index (χ0n) is 13.2. The summed E-state index contributed by atoms with van der Waals surface area (Å²) in [5, 5.41) is 12.4. The lowest BCUT2D eigenvalue weighted by atomic mass is 9.90. The maximum absolute atomic E-state index is 11.8. The standard InChI is InChI=1S/C16H18Cl2N2O3/c1-10(2)16(3,9-19)20-14(21)8-23-15(22)7-11-4-5-12(17)13(18)6-11/h4-6,10H,7-8H2,1-3H3,(H,20,21)/t16-/m1/s1. The Hall–Kier alpha value is -1.77. The van der Waals surface area contributed by atoms with Crippen LogP contribution in [-0.4, -0.2) is 24.0 Å². The Morgan fingerprint density at radius 1 is 1.35 bits per heavy atom. The van der Waals surface area contributed by atoms with E-state index in [1.165, 1.54) is 0 Å². The Balaban J connectivity index is 2.51. The molecule has 0 fully saturated rings. The average Bonchev–Trinajstić information content (AvgIpc) is 2.48. The number of nitrogens with one attached hydrogen (secondary N) is 1. The van der Waals surface area contributed by atoms with Gasteiger partial charge >= 0.3 is 5.97 Å². The van der Waals surface area contributed by atoms with Crippen molar-refractivity contribution >= 4 is 35.1 Å². The summed E-state index contributed by atoms with van der Waals surface area (Å²) < 4.78 is 4.91. The van der Waals surface area contributed by atoms with Crippen LogP contribution in [-0.2, 0) is 20.7 Å². The number of carbonyl (C=O) groups is 2. The van der Waals surface area contributed by atoms with Gasteiger partial charge in [0.05, 0.1) is 22.5 Å². The van der Waals surface area contributed by atoms with Crippen LogP contribution in [0.15, 0.2) is 18.2 Å². The van der Waals surface area contributed by atoms with Crippen molar-refractivity contribution in [2.24, 2.45) is 5.92 Å². The van der Waals surface area contributed by atoms with Crippen LogP contribution in [0, 0.1) is 17.2 Å². The number of amides is 1. The van der Waals surface area contributed by atoms with Gasteiger partial charge in [0.15, 0.2) is 6.61 Å². The van der Waals surface area contributed by atoms with Crippen molar-refractivity contribution in [1.29, 1.82) is 5.26 Å². The van der Waals surface area contributed by atoms with E-state index >= 15 is 0 Å². The molecule has 7 heteroatoms. The lowest BCUT2D eigenvalue weighted by molar-refractivity contribution is -0.148. The van der Waals surface area contributed by atoms with E-state index < -0.39 is 24.0 Å². The van der Waals surface area contributed by atoms with Crippen LogP contribution in [0.25, 0.3) is 0 Å². The molecule has 0 aliphatic heterocycles. The van der Waals surface area contributed by atoms with E-state index in [0.29, 0.717) is 15.6 Å². The maximum atomic E-state index is 11.8. The molecule has 1 aromatic carbocycles. The summed E-state index contributed by atoms with van der Waals surface area (Å²) in [4.78, 5) is 23.5. The normalized spacial score (nSPS) is 13.1. The predicted octanol–water partition coefficient (Wildman–Crippen LogP) is 3.13. The van der Waals surface area contributed by atoms with E-state index in [4.69, 9.17) is 33.2 Å². The Morgan fingerprint density at radius 3 is 2.52 bits per heavy atom. The fraction of sp³-hybridized carbons (Fsp3) is 0.438. The minimum absolute atomic E-state index is 0.0239. The third kappa shape index (κ3) is 5.74. The SMILES string of the molecule is CC(C)[C@@](C)(C#N)NC(=O)COC(=O)Cc1ccc(Cl)c(Cl)c1. The maximum Gasteiger partial charge on any atom is 0.310 e. The molecule has 0 aliphatic carbocycles. The quantitative estimate of drug-likeness (QED) is 0.794. The third-order valence-electron chi connectivity index (χ3n) is 3.48. The number of hydrogen-bond donors (Lipinski definition) is 1. The summed E-state index contributed by atoms with van der Waals surface area (Å²) in [6.07, 6.45) is -0.0239. The van der Waals surface area contributed by atoms with Crippen LogP contribution in [0.3, 0.4) is 0 Å². The summed E-state index contributed by atoms with van der Waals surface area (Å²) >= 11 is 11.7. The number of halogens is 2. The first kappa shape index (κ1) is 19.3. The number of nitriles is 1. The Kier molecular flexibility index (Phi) is 6.86. The largest absolute Gasteiger partial charge is 0.455 e. The van der Waals surface area contributed by atoms with Gasteiger partial charge in [-0.3, -0.25) is 9.59 Å². The van der Waals surface area contributed by atoms with Crippen molar-refractivity contribution < 1.29 is 14.3 Å². The van der Waals surface area contributed by atoms with Crippen molar-refractivity contribution in [2.45, 2.75) is 32.7 Å². The van der Waals surface area contributed by atoms with Crippen molar-refractivity contribution in [1.82, 2.24) is 5.32 Å². The molecule has 0 aliphatic rings. The second-order valence-corrected chi connectivity index (χ2v) is 6.42. The highest BCUT2D eigenvalue weighted by Gasteiger charge is 2.30. The topological polar surface area (TPSA) is 79.2 Å². The van der Waals surface area contributed by atoms with Gasteiger partial charge in [-0.05, 0) is 30.5 Å². The van der Waals surface area contributed by atoms with E-state index in [-0.39, 0.29) is 12.3 Å². The van der Waals surface area contributed by atoms with Crippen LogP contribution in [0.4, 0.5) is 0 Å². The summed E-state index contributed by atoms with van der Waals surface area (Å²) in [5.41, 5.74) is -0.374. The molecule has 1 atom stereocenters. The number of rotatable bonds is 6. The highest BCUT2D eigenvalue weighted by Crippen LogP contribution is 2.22. The molecule has 1 N–H and O–H groups in total. The highest BCUT2D eigenvalue weighted by molar-refractivity contribution is 6.42. The molecule has 23 heavy (non-hydrogen) atoms. The number of ether oxygens (including phenoxy) is 1. The predicted molar refractivity (Wildman–Crippen MR) is 88.1 cm³/mol. The smallest absolute Gasteiger partial charge is 0.310 e. The molecular weight excluding hydrogens is 339 g/mol. The van der Waals surface area contributed by atoms with Gasteiger partial charge in [0.1, 0.15) is 5.54 Å². The van der Waals surface area contributed by atoms with Crippen LogP contribution < -0.4 is 5.32 Å². The van der Waals surface area contributed by atoms with Crippen molar-refractivity contribution in [2.75, 3.05) is 6.61 Å². The van der Waals surface area contributed by atoms with Gasteiger partial charge < -0.3 is 10.1 Å². The van der Waals surface area contributed by atoms with Gasteiger partial charge in [0.25, 0.3) is 5.91 Å². The van der Waals surface area contributed by atoms with E-state index in [1.807, 2.05) is 19.9 Å². The lowest BCUT2D eigenvalue weighted by Gasteiger charge is -2.27. The first-order valence-corrected chi connectivity index (χ1v) is 7.75. The fourth-order valence-corrected chi connectivity index (χ4v) is 1.96. The molecule has 0 aromatic heterocycles. The molecule has 124 valence electrons. The van der Waals surface area contributed by atoms with Gasteiger partial charge in [0.2, 0.25) is 0 Å². The summed E-state index contributed by atoms with van der Waals surface area (Å²) in [6.45, 7) is 4.82. The minimum Gasteiger partial charge on any atom is -0.455 e. The number of nitrogens with zero attached hydrogens (tertiary/aromatic N) is 1. The molecule has 0 heterocycles. The molecule has 0 saturated heterocycles. The van der Waals surface area contributed by atoms with Crippen molar-refractivity contribution in [3.05, 3.63) is 33.8 Å². The Morgan fingerprint density at radius 2 is 2.00 bits per heavy atom. The van der Waals surface area contributed by atoms with Crippen LogP contribution >= 0.6 is 23.2 Å². The van der Waals surface area contributed by atoms with E-state index in [0.717, 1.165) is 0 Å². The van der Waals surface area contributed by atoms with Crippen LogP contribution in [0.1, 0.15) is 26.3 Å². The Labute approximate surface area is 145 Å². The van der Waals surface area contributed by atoms with Gasteiger partial charge in [0, 0.05) is 0 Å². The van der Waals surface area contributed by atoms with Crippen molar-refractivity contribution in [3.63, 3.8) is 0 Å². The lowest BCUT2D eigenvalue weighted by Crippen LogP contribution is -2.50. The summed E-state index contributed by atoms with van der Waals surface area (Å²) in [6, 6.07) is 6.85. The molecule has 1 amide bonds. The minimum atomic E-state index is -1.01. The molecule has 1 rings (SSSR count). The molecule has 0 spiro atoms. The molecule has 5 nitrogen and oxygen atoms in total. The second kappa shape index (κ2) is 8.19. The van der Waals surface area contributed by atoms with E-state index in [1.54, 1.807) is 25.1 Å². The third-order valence-corrected chi connectivity index (χ3v) is 4.22. The zero-order valence-corrected chi connectivity index (χ0v) is 14.7. The van der Waals surface area contributed by atoms with E-state index in [9.17, 15) is 9.59 Å². The number of benzene rings is 1. The molecule has 0 bridgehead atoms. The molecular formula is C16H18Cl2N2O3. The Bertz CT molecular complexity index is 641. The molecule has 0 unspecified atom stereocenters. The number of hydrogen-bond acceptors (Lipinski definition) is 4. The van der Waals surface area contributed by atoms with E-state index in [2.05, 4.69) is 5.32 Å². The van der Waals surface area contributed by atoms with Gasteiger partial charge in [-0.25, -0.2) is 0 Å². The summed E-state index contributed by atoms with van der Waals surface area (Å²) in [5.74, 6) is -1.17. The fourth-order valence-electron chi connectivity index (χ4n) is 1.64. The van der Waals surface area contributed by atoms with Gasteiger partial charge in [-0.15, -0.1) is 0 Å². The monoisotopic (exact) mass is 356 g/mol. The van der Waals surface area contributed by atoms with Gasteiger partial charge in [-0.2, -0.15) is 5.26 Å². The molecule has 0 saturated carbocycles. The molecule has 0 radical (unpaired) electrons. The van der Waals surface area contributed by atoms with Gasteiger partial charge in [-0.1, -0.05) is 43.1 Å². The number of carbonyl (C=O) groups excluding carboxylic acids is 2. The first-order chi connectivity index (χ1) is 10.7. The van der Waals surface area contributed by atoms with Crippen molar-refractivity contribution in [3.8, 4) is 6.07 Å². The summed E-state index contributed by atoms with van der Waals surface area (Å²) in [7, 11) is 0. The average molecular weight is 357 g/mol. The highest BCUT2D eigenvalue weighted by atomic mass is 35.5. The van der Waals surface area contributed by atoms with Crippen LogP contribution in [0.5, 0.6) is 0 Å². The molecule has 1 aromatic rings. The number of esters is 1. The van der Waals surface area contributed by atoms with Crippen LogP contribution in [0.2, 0.25) is 10.0 Å². The zero-order chi connectivity index (χ0) is 17.6. The second-order valence-electron chi connectivity index (χ2n) is 5.60. The first-order valence-electron chi connectivity index (χ1n) is 6.99.